The van der Waals surface area contributed by atoms with E-state index >= 15 is 0 Å². The first kappa shape index (κ1) is 23.2. The van der Waals surface area contributed by atoms with Crippen molar-refractivity contribution >= 4 is 6.29 Å². The highest BCUT2D eigenvalue weighted by atomic mass is 16.7. The van der Waals surface area contributed by atoms with Gasteiger partial charge in [-0.05, 0) is 25.3 Å². The zero-order chi connectivity index (χ0) is 17.7. The topological polar surface area (TPSA) is 35.5 Å². The lowest BCUT2D eigenvalue weighted by atomic mass is 10.1. The highest BCUT2D eigenvalue weighted by Gasteiger charge is 1.97. The molecule has 0 unspecified atom stereocenters. The van der Waals surface area contributed by atoms with E-state index in [0.29, 0.717) is 5.76 Å². The molecule has 3 nitrogen and oxygen atoms in total. The number of ether oxygens (including phenoxy) is 2. The molecule has 0 N–H and O–H groups in total. The average Bonchev–Trinajstić information content (AvgIpc) is 2.60. The fourth-order valence-electron chi connectivity index (χ4n) is 2.64. The third-order valence-corrected chi connectivity index (χ3v) is 4.22. The van der Waals surface area contributed by atoms with Crippen molar-refractivity contribution < 1.29 is 14.3 Å². The van der Waals surface area contributed by atoms with Gasteiger partial charge in [-0.1, -0.05) is 84.5 Å². The molecule has 142 valence electrons. The first-order valence-electron chi connectivity index (χ1n) is 10.2. The number of hydrogen-bond acceptors (Lipinski definition) is 3. The molecule has 0 aromatic rings. The lowest BCUT2D eigenvalue weighted by Crippen LogP contribution is -2.02. The van der Waals surface area contributed by atoms with E-state index in [4.69, 9.17) is 9.47 Å². The van der Waals surface area contributed by atoms with Crippen LogP contribution in [0.5, 0.6) is 0 Å². The van der Waals surface area contributed by atoms with Gasteiger partial charge in [0.1, 0.15) is 0 Å². The van der Waals surface area contributed by atoms with Crippen LogP contribution in [0.4, 0.5) is 0 Å². The van der Waals surface area contributed by atoms with Crippen LogP contribution in [0.1, 0.15) is 104 Å². The maximum Gasteiger partial charge on any atom is 0.189 e. The van der Waals surface area contributed by atoms with Gasteiger partial charge in [-0.25, -0.2) is 0 Å². The maximum atomic E-state index is 11.0. The van der Waals surface area contributed by atoms with Crippen LogP contribution in [0.2, 0.25) is 0 Å². The van der Waals surface area contributed by atoms with Gasteiger partial charge in [0.2, 0.25) is 0 Å². The van der Waals surface area contributed by atoms with E-state index in [2.05, 4.69) is 13.8 Å². The molecule has 3 heteroatoms. The monoisotopic (exact) mass is 340 g/mol. The SMILES string of the molecule is CCCCCCCCC/C=C(\C=O)OCOCCCCCCCC. The van der Waals surface area contributed by atoms with Crippen LogP contribution in [-0.4, -0.2) is 19.7 Å². The molecule has 0 spiro atoms. The van der Waals surface area contributed by atoms with Gasteiger partial charge in [0.25, 0.3) is 0 Å². The van der Waals surface area contributed by atoms with E-state index in [1.807, 2.05) is 6.08 Å². The number of carbonyl (C=O) groups excluding carboxylic acids is 1. The van der Waals surface area contributed by atoms with Crippen molar-refractivity contribution in [2.75, 3.05) is 13.4 Å². The average molecular weight is 341 g/mol. The summed E-state index contributed by atoms with van der Waals surface area (Å²) < 4.78 is 10.8. The molecule has 0 saturated heterocycles. The summed E-state index contributed by atoms with van der Waals surface area (Å²) in [7, 11) is 0. The molecule has 0 amide bonds. The van der Waals surface area contributed by atoms with E-state index in [-0.39, 0.29) is 6.79 Å². The molecule has 0 radical (unpaired) electrons. The molecule has 0 aromatic carbocycles. The Morgan fingerprint density at radius 3 is 1.88 bits per heavy atom. The standard InChI is InChI=1S/C21H40O3/c1-3-5-7-9-11-12-13-15-17-21(19-22)24-20-23-18-16-14-10-8-6-4-2/h17,19H,3-16,18,20H2,1-2H3/b21-17+. The lowest BCUT2D eigenvalue weighted by molar-refractivity contribution is -0.111. The first-order chi connectivity index (χ1) is 11.8. The highest BCUT2D eigenvalue weighted by molar-refractivity contribution is 5.69. The summed E-state index contributed by atoms with van der Waals surface area (Å²) in [5.74, 6) is 0.420. The van der Waals surface area contributed by atoms with Crippen LogP contribution in [0.25, 0.3) is 0 Å². The predicted molar refractivity (Wildman–Crippen MR) is 102 cm³/mol. The minimum Gasteiger partial charge on any atom is -0.464 e. The van der Waals surface area contributed by atoms with Crippen LogP contribution in [-0.2, 0) is 14.3 Å². The Labute approximate surface area is 150 Å². The number of aldehydes is 1. The number of carbonyl (C=O) groups is 1. The zero-order valence-corrected chi connectivity index (χ0v) is 16.2. The summed E-state index contributed by atoms with van der Waals surface area (Å²) in [5.41, 5.74) is 0. The van der Waals surface area contributed by atoms with Gasteiger partial charge >= 0.3 is 0 Å². The van der Waals surface area contributed by atoms with Crippen LogP contribution < -0.4 is 0 Å². The Hall–Kier alpha value is -0.830. The molecule has 24 heavy (non-hydrogen) atoms. The molecule has 0 fully saturated rings. The minimum atomic E-state index is 0.191. The summed E-state index contributed by atoms with van der Waals surface area (Å²) in [5, 5.41) is 0. The Morgan fingerprint density at radius 1 is 0.750 bits per heavy atom. The molecular weight excluding hydrogens is 300 g/mol. The van der Waals surface area contributed by atoms with Gasteiger partial charge in [0, 0.05) is 0 Å². The molecule has 0 aliphatic rings. The van der Waals surface area contributed by atoms with E-state index in [9.17, 15) is 4.79 Å². The predicted octanol–water partition coefficient (Wildman–Crippen LogP) is 6.56. The molecule has 0 saturated carbocycles. The van der Waals surface area contributed by atoms with Crippen LogP contribution in [0.3, 0.4) is 0 Å². The van der Waals surface area contributed by atoms with E-state index in [1.54, 1.807) is 0 Å². The summed E-state index contributed by atoms with van der Waals surface area (Å²) in [6, 6.07) is 0. The second-order valence-electron chi connectivity index (χ2n) is 6.57. The van der Waals surface area contributed by atoms with Gasteiger partial charge in [-0.2, -0.15) is 0 Å². The molecule has 0 rings (SSSR count). The second kappa shape index (κ2) is 20.2. The number of rotatable bonds is 19. The van der Waals surface area contributed by atoms with Gasteiger partial charge in [0.05, 0.1) is 6.61 Å². The molecule has 0 bridgehead atoms. The second-order valence-corrected chi connectivity index (χ2v) is 6.57. The van der Waals surface area contributed by atoms with Crippen molar-refractivity contribution in [3.8, 4) is 0 Å². The smallest absolute Gasteiger partial charge is 0.189 e. The van der Waals surface area contributed by atoms with E-state index in [1.165, 1.54) is 70.6 Å². The van der Waals surface area contributed by atoms with Crippen LogP contribution in [0.15, 0.2) is 11.8 Å². The quantitative estimate of drug-likeness (QED) is 0.0878. The first-order valence-corrected chi connectivity index (χ1v) is 10.2. The molecule has 0 heterocycles. The lowest BCUT2D eigenvalue weighted by Gasteiger charge is -2.07. The van der Waals surface area contributed by atoms with Crippen molar-refractivity contribution in [2.45, 2.75) is 104 Å². The van der Waals surface area contributed by atoms with Gasteiger partial charge in [-0.15, -0.1) is 0 Å². The number of unbranched alkanes of at least 4 members (excludes halogenated alkanes) is 12. The highest BCUT2D eigenvalue weighted by Crippen LogP contribution is 2.10. The number of allylic oxidation sites excluding steroid dienone is 2. The summed E-state index contributed by atoms with van der Waals surface area (Å²) in [6.45, 7) is 5.38. The van der Waals surface area contributed by atoms with Crippen molar-refractivity contribution in [3.05, 3.63) is 11.8 Å². The van der Waals surface area contributed by atoms with Crippen molar-refractivity contribution in [3.63, 3.8) is 0 Å². The molecular formula is C21H40O3. The fraction of sp³-hybridized carbons (Fsp3) is 0.857. The van der Waals surface area contributed by atoms with Crippen molar-refractivity contribution in [1.29, 1.82) is 0 Å². The van der Waals surface area contributed by atoms with Crippen molar-refractivity contribution in [2.24, 2.45) is 0 Å². The summed E-state index contributed by atoms with van der Waals surface area (Å²) >= 11 is 0. The molecule has 0 atom stereocenters. The Balaban J connectivity index is 3.43. The summed E-state index contributed by atoms with van der Waals surface area (Å²) in [4.78, 5) is 11.0. The zero-order valence-electron chi connectivity index (χ0n) is 16.2. The molecule has 0 aliphatic heterocycles. The summed E-state index contributed by atoms with van der Waals surface area (Å²) in [6.07, 6.45) is 20.1. The molecule has 0 aromatic heterocycles. The number of hydrogen-bond donors (Lipinski definition) is 0. The largest absolute Gasteiger partial charge is 0.464 e. The Morgan fingerprint density at radius 2 is 1.29 bits per heavy atom. The third-order valence-electron chi connectivity index (χ3n) is 4.22. The van der Waals surface area contributed by atoms with Gasteiger partial charge < -0.3 is 9.47 Å². The minimum absolute atomic E-state index is 0.191. The molecule has 0 aliphatic carbocycles. The maximum absolute atomic E-state index is 11.0. The van der Waals surface area contributed by atoms with Crippen LogP contribution in [0, 0.1) is 0 Å². The fourth-order valence-corrected chi connectivity index (χ4v) is 2.64. The third kappa shape index (κ3) is 17.5. The normalized spacial score (nSPS) is 11.7. The van der Waals surface area contributed by atoms with E-state index in [0.717, 1.165) is 32.2 Å². The Bertz CT molecular complexity index is 287. The Kier molecular flexibility index (Phi) is 19.5. The van der Waals surface area contributed by atoms with Gasteiger partial charge in [-0.3, -0.25) is 4.79 Å². The van der Waals surface area contributed by atoms with Crippen LogP contribution >= 0.6 is 0 Å². The van der Waals surface area contributed by atoms with E-state index < -0.39 is 0 Å². The van der Waals surface area contributed by atoms with Gasteiger partial charge in [0.15, 0.2) is 18.8 Å². The van der Waals surface area contributed by atoms with Crippen molar-refractivity contribution in [1.82, 2.24) is 0 Å².